The first-order valence-corrected chi connectivity index (χ1v) is 7.76. The maximum atomic E-state index is 13.6. The Morgan fingerprint density at radius 2 is 1.96 bits per heavy atom. The van der Waals surface area contributed by atoms with Gasteiger partial charge in [0.1, 0.15) is 11.6 Å². The topological polar surface area (TPSA) is 38.3 Å². The van der Waals surface area contributed by atoms with Crippen molar-refractivity contribution in [3.05, 3.63) is 65.0 Å². The van der Waals surface area contributed by atoms with Gasteiger partial charge in [-0.15, -0.1) is 0 Å². The molecule has 122 valence electrons. The van der Waals surface area contributed by atoms with E-state index >= 15 is 0 Å². The van der Waals surface area contributed by atoms with Crippen LogP contribution >= 0.6 is 0 Å². The van der Waals surface area contributed by atoms with E-state index in [0.29, 0.717) is 17.7 Å². The predicted octanol–water partition coefficient (Wildman–Crippen LogP) is 3.92. The van der Waals surface area contributed by atoms with Crippen molar-refractivity contribution < 1.29 is 13.9 Å². The lowest BCUT2D eigenvalue weighted by Crippen LogP contribution is -2.37. The van der Waals surface area contributed by atoms with Crippen LogP contribution in [0.25, 0.3) is 0 Å². The molecule has 2 rings (SSSR count). The molecule has 0 spiro atoms. The molecule has 0 bridgehead atoms. The van der Waals surface area contributed by atoms with Gasteiger partial charge in [0.25, 0.3) is 5.91 Å². The molecule has 0 saturated heterocycles. The van der Waals surface area contributed by atoms with E-state index in [1.807, 2.05) is 39.0 Å². The Morgan fingerprint density at radius 3 is 2.61 bits per heavy atom. The van der Waals surface area contributed by atoms with E-state index in [1.54, 1.807) is 18.2 Å². The zero-order valence-corrected chi connectivity index (χ0v) is 13.7. The SMILES string of the molecule is CCC(Oc1ccc(C)cc1C)C(=O)NCc1ccccc1F. The third-order valence-corrected chi connectivity index (χ3v) is 3.67. The number of hydrogen-bond acceptors (Lipinski definition) is 2. The predicted molar refractivity (Wildman–Crippen MR) is 88.9 cm³/mol. The maximum Gasteiger partial charge on any atom is 0.261 e. The monoisotopic (exact) mass is 315 g/mol. The normalized spacial score (nSPS) is 11.8. The number of rotatable bonds is 6. The first-order chi connectivity index (χ1) is 11.0. The lowest BCUT2D eigenvalue weighted by Gasteiger charge is -2.19. The smallest absolute Gasteiger partial charge is 0.261 e. The molecule has 2 aromatic carbocycles. The second-order valence-electron chi connectivity index (χ2n) is 5.59. The summed E-state index contributed by atoms with van der Waals surface area (Å²) in [4.78, 5) is 12.3. The minimum absolute atomic E-state index is 0.151. The molecule has 2 aromatic rings. The molecule has 0 aliphatic heterocycles. The summed E-state index contributed by atoms with van der Waals surface area (Å²) >= 11 is 0. The van der Waals surface area contributed by atoms with E-state index in [-0.39, 0.29) is 18.3 Å². The Kier molecular flexibility index (Phi) is 5.74. The highest BCUT2D eigenvalue weighted by molar-refractivity contribution is 5.81. The highest BCUT2D eigenvalue weighted by Gasteiger charge is 2.19. The highest BCUT2D eigenvalue weighted by Crippen LogP contribution is 2.21. The van der Waals surface area contributed by atoms with Gasteiger partial charge in [-0.1, -0.05) is 42.8 Å². The molecule has 0 fully saturated rings. The van der Waals surface area contributed by atoms with Gasteiger partial charge in [0.2, 0.25) is 0 Å². The van der Waals surface area contributed by atoms with Crippen LogP contribution in [0.4, 0.5) is 4.39 Å². The van der Waals surface area contributed by atoms with Crippen LogP contribution in [0.2, 0.25) is 0 Å². The third kappa shape index (κ3) is 4.55. The van der Waals surface area contributed by atoms with E-state index in [9.17, 15) is 9.18 Å². The summed E-state index contributed by atoms with van der Waals surface area (Å²) in [7, 11) is 0. The average molecular weight is 315 g/mol. The van der Waals surface area contributed by atoms with Crippen LogP contribution in [0.1, 0.15) is 30.0 Å². The van der Waals surface area contributed by atoms with Crippen molar-refractivity contribution in [2.24, 2.45) is 0 Å². The maximum absolute atomic E-state index is 13.6. The number of nitrogens with one attached hydrogen (secondary N) is 1. The van der Waals surface area contributed by atoms with Gasteiger partial charge < -0.3 is 10.1 Å². The number of carbonyl (C=O) groups is 1. The number of ether oxygens (including phenoxy) is 1. The van der Waals surface area contributed by atoms with Gasteiger partial charge in [-0.05, 0) is 38.0 Å². The van der Waals surface area contributed by atoms with Crippen LogP contribution < -0.4 is 10.1 Å². The number of hydrogen-bond donors (Lipinski definition) is 1. The Morgan fingerprint density at radius 1 is 1.22 bits per heavy atom. The number of amides is 1. The Bertz CT molecular complexity index is 685. The molecular weight excluding hydrogens is 293 g/mol. The first kappa shape index (κ1) is 17.0. The molecule has 1 amide bonds. The molecule has 1 atom stereocenters. The summed E-state index contributed by atoms with van der Waals surface area (Å²) in [6, 6.07) is 12.2. The second-order valence-corrected chi connectivity index (χ2v) is 5.59. The summed E-state index contributed by atoms with van der Waals surface area (Å²) in [6.45, 7) is 6.00. The fourth-order valence-electron chi connectivity index (χ4n) is 2.35. The minimum Gasteiger partial charge on any atom is -0.480 e. The summed E-state index contributed by atoms with van der Waals surface area (Å²) in [5.74, 6) is 0.135. The van der Waals surface area contributed by atoms with Crippen LogP contribution in [-0.4, -0.2) is 12.0 Å². The van der Waals surface area contributed by atoms with E-state index in [0.717, 1.165) is 11.1 Å². The van der Waals surface area contributed by atoms with Gasteiger partial charge in [-0.2, -0.15) is 0 Å². The van der Waals surface area contributed by atoms with Crippen molar-refractivity contribution in [3.63, 3.8) is 0 Å². The number of aryl methyl sites for hydroxylation is 2. The van der Waals surface area contributed by atoms with Crippen molar-refractivity contribution >= 4 is 5.91 Å². The average Bonchev–Trinajstić information content (AvgIpc) is 2.53. The molecule has 23 heavy (non-hydrogen) atoms. The molecule has 0 aromatic heterocycles. The Balaban J connectivity index is 2.00. The largest absolute Gasteiger partial charge is 0.480 e. The van der Waals surface area contributed by atoms with Crippen LogP contribution in [0.15, 0.2) is 42.5 Å². The Hall–Kier alpha value is -2.36. The molecule has 3 nitrogen and oxygen atoms in total. The summed E-state index contributed by atoms with van der Waals surface area (Å²) in [5.41, 5.74) is 2.60. The third-order valence-electron chi connectivity index (χ3n) is 3.67. The van der Waals surface area contributed by atoms with Crippen LogP contribution in [-0.2, 0) is 11.3 Å². The molecular formula is C19H22FNO2. The molecule has 1 unspecified atom stereocenters. The van der Waals surface area contributed by atoms with Gasteiger partial charge in [-0.25, -0.2) is 4.39 Å². The van der Waals surface area contributed by atoms with Crippen molar-refractivity contribution in [1.82, 2.24) is 5.32 Å². The second kappa shape index (κ2) is 7.77. The summed E-state index contributed by atoms with van der Waals surface area (Å²) in [5, 5.41) is 2.74. The number of benzene rings is 2. The number of carbonyl (C=O) groups excluding carboxylic acids is 1. The molecule has 0 heterocycles. The van der Waals surface area contributed by atoms with Gasteiger partial charge in [0.15, 0.2) is 6.10 Å². The van der Waals surface area contributed by atoms with Crippen molar-refractivity contribution in [2.45, 2.75) is 39.8 Å². The molecule has 1 N–H and O–H groups in total. The lowest BCUT2D eigenvalue weighted by molar-refractivity contribution is -0.128. The van der Waals surface area contributed by atoms with Crippen LogP contribution in [0.3, 0.4) is 0 Å². The highest BCUT2D eigenvalue weighted by atomic mass is 19.1. The van der Waals surface area contributed by atoms with E-state index in [1.165, 1.54) is 6.07 Å². The standard InChI is InChI=1S/C19H22FNO2/c1-4-17(23-18-10-9-13(2)11-14(18)3)19(22)21-12-15-7-5-6-8-16(15)20/h5-11,17H,4,12H2,1-3H3,(H,21,22). The molecule has 0 aliphatic rings. The quantitative estimate of drug-likeness (QED) is 0.877. The van der Waals surface area contributed by atoms with Gasteiger partial charge in [-0.3, -0.25) is 4.79 Å². The van der Waals surface area contributed by atoms with E-state index in [4.69, 9.17) is 4.74 Å². The molecule has 4 heteroatoms. The van der Waals surface area contributed by atoms with Crippen molar-refractivity contribution in [2.75, 3.05) is 0 Å². The number of halogens is 1. The zero-order chi connectivity index (χ0) is 16.8. The summed E-state index contributed by atoms with van der Waals surface area (Å²) in [6.07, 6.45) is -0.0562. The van der Waals surface area contributed by atoms with Crippen molar-refractivity contribution in [3.8, 4) is 5.75 Å². The minimum atomic E-state index is -0.594. The first-order valence-electron chi connectivity index (χ1n) is 7.76. The van der Waals surface area contributed by atoms with E-state index in [2.05, 4.69) is 5.32 Å². The molecule has 0 aliphatic carbocycles. The lowest BCUT2D eigenvalue weighted by atomic mass is 10.1. The van der Waals surface area contributed by atoms with Gasteiger partial charge in [0, 0.05) is 12.1 Å². The molecule has 0 saturated carbocycles. The van der Waals surface area contributed by atoms with Gasteiger partial charge in [0.05, 0.1) is 0 Å². The van der Waals surface area contributed by atoms with Crippen LogP contribution in [0.5, 0.6) is 5.75 Å². The molecule has 0 radical (unpaired) electrons. The fourth-order valence-corrected chi connectivity index (χ4v) is 2.35. The van der Waals surface area contributed by atoms with Crippen LogP contribution in [0, 0.1) is 19.7 Å². The fraction of sp³-hybridized carbons (Fsp3) is 0.316. The van der Waals surface area contributed by atoms with Gasteiger partial charge >= 0.3 is 0 Å². The summed E-state index contributed by atoms with van der Waals surface area (Å²) < 4.78 is 19.4. The zero-order valence-electron chi connectivity index (χ0n) is 13.7. The Labute approximate surface area is 136 Å². The van der Waals surface area contributed by atoms with Crippen molar-refractivity contribution in [1.29, 1.82) is 0 Å². The van der Waals surface area contributed by atoms with E-state index < -0.39 is 6.10 Å².